The molecule has 3 rings (SSSR count). The third-order valence-corrected chi connectivity index (χ3v) is 5.17. The molecule has 2 aromatic heterocycles. The van der Waals surface area contributed by atoms with Crippen LogP contribution in [0.25, 0.3) is 22.0 Å². The van der Waals surface area contributed by atoms with E-state index in [1.807, 2.05) is 36.7 Å². The summed E-state index contributed by atoms with van der Waals surface area (Å²) >= 11 is 1.59. The Morgan fingerprint density at radius 2 is 2.04 bits per heavy atom. The molecule has 6 heteroatoms. The molecule has 28 heavy (non-hydrogen) atoms. The number of hydrogen-bond acceptors (Lipinski definition) is 4. The molecule has 3 aromatic rings. The second-order valence-electron chi connectivity index (χ2n) is 7.05. The van der Waals surface area contributed by atoms with Crippen LogP contribution in [0.5, 0.6) is 0 Å². The van der Waals surface area contributed by atoms with Gasteiger partial charge in [0.25, 0.3) is 0 Å². The Balaban J connectivity index is 1.59. The lowest BCUT2D eigenvalue weighted by molar-refractivity contribution is -0.121. The van der Waals surface area contributed by atoms with Gasteiger partial charge >= 0.3 is 0 Å². The zero-order valence-electron chi connectivity index (χ0n) is 16.6. The maximum absolute atomic E-state index is 12.3. The Morgan fingerprint density at radius 1 is 1.25 bits per heavy atom. The maximum atomic E-state index is 12.3. The minimum Gasteiger partial charge on any atom is -0.379 e. The van der Waals surface area contributed by atoms with E-state index in [0.29, 0.717) is 13.2 Å². The molecule has 0 aliphatic heterocycles. The number of benzene rings is 1. The summed E-state index contributed by atoms with van der Waals surface area (Å²) in [7, 11) is 0. The summed E-state index contributed by atoms with van der Waals surface area (Å²) < 4.78 is 7.43. The zero-order chi connectivity index (χ0) is 19.9. The topological polar surface area (TPSA) is 56.2 Å². The third-order valence-electron chi connectivity index (χ3n) is 4.31. The van der Waals surface area contributed by atoms with E-state index in [2.05, 4.69) is 41.9 Å². The van der Waals surface area contributed by atoms with Gasteiger partial charge in [-0.3, -0.25) is 4.79 Å². The van der Waals surface area contributed by atoms with Crippen LogP contribution in [-0.4, -0.2) is 34.7 Å². The highest BCUT2D eigenvalue weighted by Gasteiger charge is 2.12. The number of aryl methyl sites for hydroxylation is 1. The monoisotopic (exact) mass is 397 g/mol. The lowest BCUT2D eigenvalue weighted by Crippen LogP contribution is -2.29. The van der Waals surface area contributed by atoms with E-state index in [-0.39, 0.29) is 18.6 Å². The number of amides is 1. The summed E-state index contributed by atoms with van der Waals surface area (Å²) in [6, 6.07) is 12.3. The molecule has 148 valence electrons. The van der Waals surface area contributed by atoms with Gasteiger partial charge in [-0.25, -0.2) is 4.98 Å². The number of nitrogens with zero attached hydrogens (tertiary/aromatic N) is 2. The number of hydrogen-bond donors (Lipinski definition) is 1. The zero-order valence-corrected chi connectivity index (χ0v) is 17.5. The van der Waals surface area contributed by atoms with Crippen molar-refractivity contribution in [2.45, 2.75) is 39.8 Å². The number of carbonyl (C=O) groups is 1. The lowest BCUT2D eigenvalue weighted by atomic mass is 10.1. The van der Waals surface area contributed by atoms with Crippen LogP contribution in [0.2, 0.25) is 0 Å². The third kappa shape index (κ3) is 5.53. The predicted molar refractivity (Wildman–Crippen MR) is 114 cm³/mol. The van der Waals surface area contributed by atoms with Crippen LogP contribution in [0.1, 0.15) is 25.8 Å². The number of carbonyl (C=O) groups excluding carboxylic acids is 1. The molecule has 0 aliphatic carbocycles. The van der Waals surface area contributed by atoms with Crippen molar-refractivity contribution >= 4 is 17.2 Å². The normalized spacial score (nSPS) is 11.1. The largest absolute Gasteiger partial charge is 0.379 e. The van der Waals surface area contributed by atoms with Crippen LogP contribution in [0.15, 0.2) is 48.0 Å². The van der Waals surface area contributed by atoms with E-state index in [1.54, 1.807) is 11.3 Å². The molecule has 0 saturated heterocycles. The Hall–Kier alpha value is -2.44. The van der Waals surface area contributed by atoms with Crippen LogP contribution >= 0.6 is 11.3 Å². The molecule has 0 fully saturated rings. The summed E-state index contributed by atoms with van der Waals surface area (Å²) in [5.41, 5.74) is 4.26. The number of rotatable bonds is 9. The van der Waals surface area contributed by atoms with Crippen LogP contribution in [0.4, 0.5) is 0 Å². The van der Waals surface area contributed by atoms with Crippen molar-refractivity contribution in [3.05, 3.63) is 53.5 Å². The molecule has 0 radical (unpaired) electrons. The predicted octanol–water partition coefficient (Wildman–Crippen LogP) is 4.52. The molecular formula is C22H27N3O2S. The van der Waals surface area contributed by atoms with Gasteiger partial charge in [0.2, 0.25) is 5.91 Å². The first kappa shape index (κ1) is 20.3. The van der Waals surface area contributed by atoms with Crippen molar-refractivity contribution in [3.63, 3.8) is 0 Å². The van der Waals surface area contributed by atoms with Crippen molar-refractivity contribution in [3.8, 4) is 22.0 Å². The van der Waals surface area contributed by atoms with Crippen molar-refractivity contribution in [1.29, 1.82) is 0 Å². The molecule has 1 amide bonds. The second-order valence-corrected chi connectivity index (χ2v) is 7.91. The van der Waals surface area contributed by atoms with Crippen molar-refractivity contribution < 1.29 is 9.53 Å². The number of nitrogens with one attached hydrogen (secondary N) is 1. The Morgan fingerprint density at radius 3 is 2.79 bits per heavy atom. The van der Waals surface area contributed by atoms with Crippen LogP contribution < -0.4 is 5.32 Å². The number of ether oxygens (including phenoxy) is 1. The van der Waals surface area contributed by atoms with Gasteiger partial charge in [-0.2, -0.15) is 0 Å². The number of thiazole rings is 1. The first-order valence-corrected chi connectivity index (χ1v) is 10.5. The molecule has 0 atom stereocenters. The van der Waals surface area contributed by atoms with Crippen LogP contribution in [0, 0.1) is 6.92 Å². The van der Waals surface area contributed by atoms with Crippen molar-refractivity contribution in [2.24, 2.45) is 0 Å². The summed E-state index contributed by atoms with van der Waals surface area (Å²) in [5.74, 6) is -0.00249. The molecule has 0 saturated carbocycles. The number of aromatic nitrogens is 2. The Labute approximate surface area is 170 Å². The molecule has 0 aliphatic rings. The van der Waals surface area contributed by atoms with E-state index in [9.17, 15) is 4.79 Å². The minimum absolute atomic E-state index is 0.00249. The first-order valence-electron chi connectivity index (χ1n) is 9.59. The van der Waals surface area contributed by atoms with E-state index in [0.717, 1.165) is 28.4 Å². The van der Waals surface area contributed by atoms with Gasteiger partial charge in [0, 0.05) is 30.3 Å². The van der Waals surface area contributed by atoms with Gasteiger partial charge in [0.05, 0.1) is 17.5 Å². The average Bonchev–Trinajstić information content (AvgIpc) is 3.31. The molecule has 5 nitrogen and oxygen atoms in total. The lowest BCUT2D eigenvalue weighted by Gasteiger charge is -2.10. The highest BCUT2D eigenvalue weighted by atomic mass is 32.1. The van der Waals surface area contributed by atoms with Gasteiger partial charge in [-0.05, 0) is 39.3 Å². The molecule has 0 bridgehead atoms. The van der Waals surface area contributed by atoms with Crippen LogP contribution in [0.3, 0.4) is 0 Å². The fourth-order valence-corrected chi connectivity index (χ4v) is 3.69. The smallest absolute Gasteiger partial charge is 0.239 e. The summed E-state index contributed by atoms with van der Waals surface area (Å²) in [6.07, 6.45) is 2.96. The van der Waals surface area contributed by atoms with Crippen molar-refractivity contribution in [2.75, 3.05) is 13.2 Å². The SMILES string of the molecule is Cc1ccc(-c2csc(-c3cccn3CC(=O)NCCCOC(C)C)n2)cc1. The quantitative estimate of drug-likeness (QED) is 0.540. The Bertz CT molecular complexity index is 897. The molecule has 0 spiro atoms. The second kappa shape index (κ2) is 9.66. The summed E-state index contributed by atoms with van der Waals surface area (Å²) in [4.78, 5) is 17.0. The standard InChI is InChI=1S/C22H27N3O2S/c1-16(2)27-13-5-11-23-21(26)14-25-12-4-6-20(25)22-24-19(15-28-22)18-9-7-17(3)8-10-18/h4,6-10,12,15-16H,5,11,13-14H2,1-3H3,(H,23,26). The van der Waals surface area contributed by atoms with Gasteiger partial charge in [0.15, 0.2) is 0 Å². The average molecular weight is 398 g/mol. The Kier molecular flexibility index (Phi) is 7.01. The minimum atomic E-state index is -0.00249. The van der Waals surface area contributed by atoms with Crippen LogP contribution in [-0.2, 0) is 16.1 Å². The van der Waals surface area contributed by atoms with Gasteiger partial charge in [-0.15, -0.1) is 11.3 Å². The highest BCUT2D eigenvalue weighted by Crippen LogP contribution is 2.29. The molecule has 1 N–H and O–H groups in total. The first-order chi connectivity index (χ1) is 13.5. The fraction of sp³-hybridized carbons (Fsp3) is 0.364. The molecule has 1 aromatic carbocycles. The van der Waals surface area contributed by atoms with E-state index < -0.39 is 0 Å². The summed E-state index contributed by atoms with van der Waals surface area (Å²) in [6.45, 7) is 7.66. The van der Waals surface area contributed by atoms with Crippen molar-refractivity contribution in [1.82, 2.24) is 14.9 Å². The van der Waals surface area contributed by atoms with Gasteiger partial charge in [0.1, 0.15) is 11.6 Å². The maximum Gasteiger partial charge on any atom is 0.239 e. The fourth-order valence-electron chi connectivity index (χ4n) is 2.82. The molecular weight excluding hydrogens is 370 g/mol. The van der Waals surface area contributed by atoms with E-state index in [1.165, 1.54) is 5.56 Å². The van der Waals surface area contributed by atoms with E-state index >= 15 is 0 Å². The molecule has 0 unspecified atom stereocenters. The van der Waals surface area contributed by atoms with Gasteiger partial charge < -0.3 is 14.6 Å². The highest BCUT2D eigenvalue weighted by molar-refractivity contribution is 7.13. The van der Waals surface area contributed by atoms with E-state index in [4.69, 9.17) is 9.72 Å². The summed E-state index contributed by atoms with van der Waals surface area (Å²) in [5, 5.41) is 5.93. The van der Waals surface area contributed by atoms with Gasteiger partial charge in [-0.1, -0.05) is 29.8 Å². The molecule has 2 heterocycles.